The van der Waals surface area contributed by atoms with Gasteiger partial charge in [0.25, 0.3) is 0 Å². The molecule has 0 aliphatic heterocycles. The SMILES string of the molecule is NC[C@@H](Cc1ccccc1)N(Cc1ccccc1)C(=O)O. The van der Waals surface area contributed by atoms with Gasteiger partial charge in [-0.15, -0.1) is 0 Å². The average molecular weight is 284 g/mol. The summed E-state index contributed by atoms with van der Waals surface area (Å²) < 4.78 is 0. The minimum absolute atomic E-state index is 0.231. The molecular weight excluding hydrogens is 264 g/mol. The number of amides is 1. The van der Waals surface area contributed by atoms with Crippen molar-refractivity contribution >= 4 is 6.09 Å². The third-order valence-electron chi connectivity index (χ3n) is 3.47. The van der Waals surface area contributed by atoms with E-state index in [2.05, 4.69) is 0 Å². The summed E-state index contributed by atoms with van der Waals surface area (Å²) in [6.07, 6.45) is -0.318. The number of hydrogen-bond acceptors (Lipinski definition) is 2. The summed E-state index contributed by atoms with van der Waals surface area (Å²) in [5, 5.41) is 9.48. The molecule has 0 saturated carbocycles. The summed E-state index contributed by atoms with van der Waals surface area (Å²) in [5.74, 6) is 0. The van der Waals surface area contributed by atoms with Crippen LogP contribution in [0.15, 0.2) is 60.7 Å². The van der Waals surface area contributed by atoms with Crippen LogP contribution in [-0.4, -0.2) is 28.7 Å². The Morgan fingerprint density at radius 1 is 1.00 bits per heavy atom. The van der Waals surface area contributed by atoms with E-state index in [1.807, 2.05) is 60.7 Å². The molecule has 4 heteroatoms. The molecule has 1 amide bonds. The van der Waals surface area contributed by atoms with Crippen LogP contribution in [0.4, 0.5) is 4.79 Å². The van der Waals surface area contributed by atoms with Crippen LogP contribution in [0.25, 0.3) is 0 Å². The topological polar surface area (TPSA) is 66.6 Å². The minimum Gasteiger partial charge on any atom is -0.465 e. The fraction of sp³-hybridized carbons (Fsp3) is 0.235. The first-order valence-corrected chi connectivity index (χ1v) is 6.98. The van der Waals surface area contributed by atoms with E-state index in [9.17, 15) is 9.90 Å². The Labute approximate surface area is 124 Å². The van der Waals surface area contributed by atoms with E-state index < -0.39 is 6.09 Å². The van der Waals surface area contributed by atoms with Crippen molar-refractivity contribution in [3.63, 3.8) is 0 Å². The van der Waals surface area contributed by atoms with Crippen molar-refractivity contribution in [3.05, 3.63) is 71.8 Å². The molecule has 3 N–H and O–H groups in total. The molecule has 0 spiro atoms. The molecule has 0 unspecified atom stereocenters. The van der Waals surface area contributed by atoms with E-state index >= 15 is 0 Å². The molecule has 0 saturated heterocycles. The van der Waals surface area contributed by atoms with E-state index in [0.29, 0.717) is 19.5 Å². The monoisotopic (exact) mass is 284 g/mol. The van der Waals surface area contributed by atoms with E-state index in [-0.39, 0.29) is 6.04 Å². The second-order valence-corrected chi connectivity index (χ2v) is 4.98. The fourth-order valence-electron chi connectivity index (χ4n) is 2.34. The van der Waals surface area contributed by atoms with Gasteiger partial charge in [-0.3, -0.25) is 4.90 Å². The lowest BCUT2D eigenvalue weighted by atomic mass is 10.0. The van der Waals surface area contributed by atoms with Crippen molar-refractivity contribution in [1.82, 2.24) is 4.90 Å². The van der Waals surface area contributed by atoms with Crippen molar-refractivity contribution in [2.24, 2.45) is 5.73 Å². The second-order valence-electron chi connectivity index (χ2n) is 4.98. The zero-order chi connectivity index (χ0) is 15.1. The molecule has 0 heterocycles. The van der Waals surface area contributed by atoms with Crippen LogP contribution in [0.3, 0.4) is 0 Å². The lowest BCUT2D eigenvalue weighted by Crippen LogP contribution is -2.44. The Hall–Kier alpha value is -2.33. The Balaban J connectivity index is 2.13. The van der Waals surface area contributed by atoms with Gasteiger partial charge in [0, 0.05) is 13.1 Å². The zero-order valence-electron chi connectivity index (χ0n) is 11.9. The number of nitrogens with zero attached hydrogens (tertiary/aromatic N) is 1. The minimum atomic E-state index is -0.940. The summed E-state index contributed by atoms with van der Waals surface area (Å²) in [7, 11) is 0. The average Bonchev–Trinajstić information content (AvgIpc) is 2.52. The van der Waals surface area contributed by atoms with Crippen molar-refractivity contribution in [2.75, 3.05) is 6.54 Å². The van der Waals surface area contributed by atoms with Gasteiger partial charge in [-0.05, 0) is 17.5 Å². The molecule has 2 aromatic carbocycles. The first-order chi connectivity index (χ1) is 10.2. The van der Waals surface area contributed by atoms with Gasteiger partial charge >= 0.3 is 6.09 Å². The van der Waals surface area contributed by atoms with Crippen molar-refractivity contribution in [3.8, 4) is 0 Å². The molecule has 2 rings (SSSR count). The van der Waals surface area contributed by atoms with Gasteiger partial charge in [0.2, 0.25) is 0 Å². The van der Waals surface area contributed by atoms with Crippen LogP contribution in [0, 0.1) is 0 Å². The summed E-state index contributed by atoms with van der Waals surface area (Å²) >= 11 is 0. The predicted molar refractivity (Wildman–Crippen MR) is 83.0 cm³/mol. The first kappa shape index (κ1) is 15.1. The molecular formula is C17H20N2O2. The van der Waals surface area contributed by atoms with Gasteiger partial charge in [-0.25, -0.2) is 4.79 Å². The fourth-order valence-corrected chi connectivity index (χ4v) is 2.34. The van der Waals surface area contributed by atoms with E-state index in [4.69, 9.17) is 5.73 Å². The van der Waals surface area contributed by atoms with Crippen LogP contribution >= 0.6 is 0 Å². The molecule has 0 fully saturated rings. The van der Waals surface area contributed by atoms with Gasteiger partial charge in [0.15, 0.2) is 0 Å². The van der Waals surface area contributed by atoms with Gasteiger partial charge < -0.3 is 10.8 Å². The van der Waals surface area contributed by atoms with E-state index in [1.165, 1.54) is 4.90 Å². The number of hydrogen-bond donors (Lipinski definition) is 2. The smallest absolute Gasteiger partial charge is 0.407 e. The lowest BCUT2D eigenvalue weighted by Gasteiger charge is -2.28. The number of benzene rings is 2. The Morgan fingerprint density at radius 3 is 2.00 bits per heavy atom. The molecule has 0 radical (unpaired) electrons. The Bertz CT molecular complexity index is 558. The van der Waals surface area contributed by atoms with Gasteiger partial charge in [0.05, 0.1) is 6.04 Å². The highest BCUT2D eigenvalue weighted by Gasteiger charge is 2.22. The summed E-state index contributed by atoms with van der Waals surface area (Å²) in [6, 6.07) is 19.2. The summed E-state index contributed by atoms with van der Waals surface area (Å²) in [5.41, 5.74) is 7.86. The molecule has 0 aliphatic carbocycles. The van der Waals surface area contributed by atoms with Crippen LogP contribution in [0.2, 0.25) is 0 Å². The van der Waals surface area contributed by atoms with Gasteiger partial charge in [0.1, 0.15) is 0 Å². The summed E-state index contributed by atoms with van der Waals surface area (Å²) in [4.78, 5) is 13.0. The lowest BCUT2D eigenvalue weighted by molar-refractivity contribution is 0.121. The van der Waals surface area contributed by atoms with Crippen LogP contribution in [-0.2, 0) is 13.0 Å². The number of carboxylic acid groups (broad SMARTS) is 1. The molecule has 0 bridgehead atoms. The highest BCUT2D eigenvalue weighted by atomic mass is 16.4. The maximum atomic E-state index is 11.6. The Morgan fingerprint density at radius 2 is 1.52 bits per heavy atom. The Kier molecular flexibility index (Phi) is 5.35. The zero-order valence-corrected chi connectivity index (χ0v) is 11.9. The third-order valence-corrected chi connectivity index (χ3v) is 3.47. The highest BCUT2D eigenvalue weighted by molar-refractivity contribution is 5.65. The quantitative estimate of drug-likeness (QED) is 0.857. The first-order valence-electron chi connectivity index (χ1n) is 6.98. The second kappa shape index (κ2) is 7.45. The van der Waals surface area contributed by atoms with Crippen molar-refractivity contribution in [1.29, 1.82) is 0 Å². The van der Waals surface area contributed by atoms with E-state index in [0.717, 1.165) is 11.1 Å². The number of nitrogens with two attached hydrogens (primary N) is 1. The molecule has 4 nitrogen and oxygen atoms in total. The maximum absolute atomic E-state index is 11.6. The van der Waals surface area contributed by atoms with Crippen LogP contribution in [0.1, 0.15) is 11.1 Å². The maximum Gasteiger partial charge on any atom is 0.407 e. The predicted octanol–water partition coefficient (Wildman–Crippen LogP) is 2.74. The molecule has 2 aromatic rings. The number of carbonyl (C=O) groups is 1. The van der Waals surface area contributed by atoms with Crippen molar-refractivity contribution in [2.45, 2.75) is 19.0 Å². The molecule has 0 aliphatic rings. The molecule has 1 atom stereocenters. The molecule has 110 valence electrons. The number of rotatable bonds is 6. The summed E-state index contributed by atoms with van der Waals surface area (Å²) in [6.45, 7) is 0.652. The van der Waals surface area contributed by atoms with Gasteiger partial charge in [-0.2, -0.15) is 0 Å². The molecule has 21 heavy (non-hydrogen) atoms. The van der Waals surface area contributed by atoms with Gasteiger partial charge in [-0.1, -0.05) is 60.7 Å². The largest absolute Gasteiger partial charge is 0.465 e. The third kappa shape index (κ3) is 4.33. The highest BCUT2D eigenvalue weighted by Crippen LogP contribution is 2.13. The normalized spacial score (nSPS) is 11.9. The van der Waals surface area contributed by atoms with Crippen molar-refractivity contribution < 1.29 is 9.90 Å². The van der Waals surface area contributed by atoms with Crippen LogP contribution in [0.5, 0.6) is 0 Å². The molecule has 0 aromatic heterocycles. The standard InChI is InChI=1S/C17H20N2O2/c18-12-16(11-14-7-3-1-4-8-14)19(17(20)21)13-15-9-5-2-6-10-15/h1-10,16H,11-13,18H2,(H,20,21)/t16-/m1/s1. The van der Waals surface area contributed by atoms with Crippen LogP contribution < -0.4 is 5.73 Å². The van der Waals surface area contributed by atoms with E-state index in [1.54, 1.807) is 0 Å².